The van der Waals surface area contributed by atoms with Crippen LogP contribution in [0.25, 0.3) is 22.0 Å². The van der Waals surface area contributed by atoms with Gasteiger partial charge in [0.25, 0.3) is 5.56 Å². The van der Waals surface area contributed by atoms with Gasteiger partial charge in [0.05, 0.1) is 0 Å². The lowest BCUT2D eigenvalue weighted by atomic mass is 10.0. The number of halogens is 2. The zero-order chi connectivity index (χ0) is 14.3. The van der Waals surface area contributed by atoms with Crippen LogP contribution in [0.2, 0.25) is 0 Å². The lowest BCUT2D eigenvalue weighted by Crippen LogP contribution is -2.08. The Morgan fingerprint density at radius 1 is 1.10 bits per heavy atom. The minimum absolute atomic E-state index is 0.179. The second-order valence-corrected chi connectivity index (χ2v) is 5.58. The van der Waals surface area contributed by atoms with Crippen molar-refractivity contribution in [2.24, 2.45) is 0 Å². The average molecular weight is 332 g/mol. The van der Waals surface area contributed by atoms with Crippen LogP contribution in [0.15, 0.2) is 51.7 Å². The molecule has 0 bridgehead atoms. The van der Waals surface area contributed by atoms with E-state index >= 15 is 0 Å². The molecule has 0 atom stereocenters. The predicted octanol–water partition coefficient (Wildman–Crippen LogP) is 4.41. The standard InChI is InChI=1S/C16H11BrFNO/c1-9-6-14(17)13-8-12(16(20)19-15(13)7-9)10-2-4-11(18)5-3-10/h2-8H,1H3,(H,19,20). The lowest BCUT2D eigenvalue weighted by molar-refractivity contribution is 0.628. The Bertz CT molecular complexity index is 853. The van der Waals surface area contributed by atoms with E-state index in [1.165, 1.54) is 12.1 Å². The Balaban J connectivity index is 2.29. The fraction of sp³-hybridized carbons (Fsp3) is 0.0625. The normalized spacial score (nSPS) is 10.9. The molecule has 0 unspecified atom stereocenters. The Hall–Kier alpha value is -1.94. The third kappa shape index (κ3) is 2.27. The summed E-state index contributed by atoms with van der Waals surface area (Å²) < 4.78 is 13.9. The summed E-state index contributed by atoms with van der Waals surface area (Å²) in [5.74, 6) is -0.317. The molecular weight excluding hydrogens is 321 g/mol. The first-order valence-corrected chi connectivity index (χ1v) is 6.93. The molecule has 1 N–H and O–H groups in total. The van der Waals surface area contributed by atoms with Crippen LogP contribution < -0.4 is 5.56 Å². The Kier molecular flexibility index (Phi) is 3.18. The summed E-state index contributed by atoms with van der Waals surface area (Å²) in [5, 5.41) is 0.925. The summed E-state index contributed by atoms with van der Waals surface area (Å²) in [6.07, 6.45) is 0. The summed E-state index contributed by atoms with van der Waals surface area (Å²) in [4.78, 5) is 15.1. The Morgan fingerprint density at radius 2 is 1.80 bits per heavy atom. The highest BCUT2D eigenvalue weighted by molar-refractivity contribution is 9.10. The highest BCUT2D eigenvalue weighted by Crippen LogP contribution is 2.27. The van der Waals surface area contributed by atoms with Crippen LogP contribution in [0.1, 0.15) is 5.56 Å². The topological polar surface area (TPSA) is 32.9 Å². The van der Waals surface area contributed by atoms with Crippen LogP contribution in [0.5, 0.6) is 0 Å². The highest BCUT2D eigenvalue weighted by atomic mass is 79.9. The van der Waals surface area contributed by atoms with E-state index in [0.29, 0.717) is 11.1 Å². The molecule has 0 spiro atoms. The molecule has 3 aromatic rings. The molecule has 0 radical (unpaired) electrons. The van der Waals surface area contributed by atoms with E-state index in [1.807, 2.05) is 25.1 Å². The van der Waals surface area contributed by atoms with Gasteiger partial charge in [0.1, 0.15) is 5.82 Å². The maximum absolute atomic E-state index is 13.0. The quantitative estimate of drug-likeness (QED) is 0.704. The van der Waals surface area contributed by atoms with Crippen LogP contribution >= 0.6 is 15.9 Å². The van der Waals surface area contributed by atoms with Gasteiger partial charge in [0, 0.05) is 20.9 Å². The SMILES string of the molecule is Cc1cc(Br)c2cc(-c3ccc(F)cc3)c(=O)[nH]c2c1. The van der Waals surface area contributed by atoms with Crippen LogP contribution in [-0.4, -0.2) is 4.98 Å². The van der Waals surface area contributed by atoms with Crippen LogP contribution in [-0.2, 0) is 0 Å². The van der Waals surface area contributed by atoms with Crippen molar-refractivity contribution in [1.29, 1.82) is 0 Å². The molecule has 1 aromatic heterocycles. The zero-order valence-electron chi connectivity index (χ0n) is 10.7. The number of fused-ring (bicyclic) bond motifs is 1. The number of benzene rings is 2. The van der Waals surface area contributed by atoms with Crippen molar-refractivity contribution in [1.82, 2.24) is 4.98 Å². The fourth-order valence-electron chi connectivity index (χ4n) is 2.25. The minimum Gasteiger partial charge on any atom is -0.321 e. The zero-order valence-corrected chi connectivity index (χ0v) is 12.3. The molecule has 3 rings (SSSR count). The molecule has 0 aliphatic carbocycles. The van der Waals surface area contributed by atoms with Gasteiger partial charge in [0.2, 0.25) is 0 Å². The number of nitrogens with one attached hydrogen (secondary N) is 1. The lowest BCUT2D eigenvalue weighted by Gasteiger charge is -2.06. The third-order valence-electron chi connectivity index (χ3n) is 3.21. The molecule has 4 heteroatoms. The van der Waals surface area contributed by atoms with Gasteiger partial charge < -0.3 is 4.98 Å². The fourth-order valence-corrected chi connectivity index (χ4v) is 2.94. The van der Waals surface area contributed by atoms with Crippen molar-refractivity contribution in [2.75, 3.05) is 0 Å². The maximum Gasteiger partial charge on any atom is 0.256 e. The number of hydrogen-bond acceptors (Lipinski definition) is 1. The van der Waals surface area contributed by atoms with E-state index in [4.69, 9.17) is 0 Å². The number of rotatable bonds is 1. The molecule has 20 heavy (non-hydrogen) atoms. The van der Waals surface area contributed by atoms with Gasteiger partial charge in [0.15, 0.2) is 0 Å². The number of H-pyrrole nitrogens is 1. The molecule has 2 nitrogen and oxygen atoms in total. The van der Waals surface area contributed by atoms with Gasteiger partial charge in [-0.2, -0.15) is 0 Å². The largest absolute Gasteiger partial charge is 0.321 e. The Labute approximate surface area is 123 Å². The van der Waals surface area contributed by atoms with Crippen molar-refractivity contribution < 1.29 is 4.39 Å². The molecule has 0 fully saturated rings. The van der Waals surface area contributed by atoms with Gasteiger partial charge in [-0.1, -0.05) is 28.1 Å². The second kappa shape index (κ2) is 4.87. The monoisotopic (exact) mass is 331 g/mol. The first kappa shape index (κ1) is 13.1. The van der Waals surface area contributed by atoms with Crippen molar-refractivity contribution in [3.63, 3.8) is 0 Å². The predicted molar refractivity (Wildman–Crippen MR) is 82.4 cm³/mol. The van der Waals surface area contributed by atoms with Crippen LogP contribution in [0.4, 0.5) is 4.39 Å². The van der Waals surface area contributed by atoms with E-state index in [2.05, 4.69) is 20.9 Å². The van der Waals surface area contributed by atoms with Crippen molar-refractivity contribution >= 4 is 26.8 Å². The van der Waals surface area contributed by atoms with E-state index < -0.39 is 0 Å². The first-order valence-electron chi connectivity index (χ1n) is 6.14. The molecule has 0 aliphatic heterocycles. The third-order valence-corrected chi connectivity index (χ3v) is 3.87. The average Bonchev–Trinajstić information content (AvgIpc) is 2.39. The summed E-state index contributed by atoms with van der Waals surface area (Å²) in [6.45, 7) is 1.97. The number of aryl methyl sites for hydroxylation is 1. The van der Waals surface area contributed by atoms with Crippen molar-refractivity contribution in [2.45, 2.75) is 6.92 Å². The Morgan fingerprint density at radius 3 is 2.50 bits per heavy atom. The van der Waals surface area contributed by atoms with E-state index in [9.17, 15) is 9.18 Å². The van der Waals surface area contributed by atoms with Gasteiger partial charge in [-0.3, -0.25) is 4.79 Å². The van der Waals surface area contributed by atoms with Gasteiger partial charge in [-0.15, -0.1) is 0 Å². The maximum atomic E-state index is 13.0. The number of aromatic amines is 1. The van der Waals surface area contributed by atoms with Gasteiger partial charge in [-0.05, 0) is 48.4 Å². The summed E-state index contributed by atoms with van der Waals surface area (Å²) in [5.41, 5.74) is 2.90. The van der Waals surface area contributed by atoms with Crippen LogP contribution in [0.3, 0.4) is 0 Å². The van der Waals surface area contributed by atoms with Crippen LogP contribution in [0, 0.1) is 12.7 Å². The number of hydrogen-bond donors (Lipinski definition) is 1. The summed E-state index contributed by atoms with van der Waals surface area (Å²) in [6, 6.07) is 11.7. The van der Waals surface area contributed by atoms with Gasteiger partial charge >= 0.3 is 0 Å². The number of aromatic nitrogens is 1. The first-order chi connectivity index (χ1) is 9.54. The van der Waals surface area contributed by atoms with E-state index in [0.717, 1.165) is 20.9 Å². The molecule has 0 saturated carbocycles. The molecule has 1 heterocycles. The highest BCUT2D eigenvalue weighted by Gasteiger charge is 2.08. The molecule has 0 saturated heterocycles. The van der Waals surface area contributed by atoms with E-state index in [-0.39, 0.29) is 11.4 Å². The molecular formula is C16H11BrFNO. The van der Waals surface area contributed by atoms with Crippen molar-refractivity contribution in [3.05, 3.63) is 68.7 Å². The van der Waals surface area contributed by atoms with E-state index in [1.54, 1.807) is 12.1 Å². The number of pyridine rings is 1. The van der Waals surface area contributed by atoms with Gasteiger partial charge in [-0.25, -0.2) is 4.39 Å². The minimum atomic E-state index is -0.317. The molecule has 2 aromatic carbocycles. The van der Waals surface area contributed by atoms with Crippen molar-refractivity contribution in [3.8, 4) is 11.1 Å². The molecule has 0 amide bonds. The molecule has 0 aliphatic rings. The summed E-state index contributed by atoms with van der Waals surface area (Å²) >= 11 is 3.51. The second-order valence-electron chi connectivity index (χ2n) is 4.73. The molecule has 100 valence electrons. The summed E-state index contributed by atoms with van der Waals surface area (Å²) in [7, 11) is 0. The smallest absolute Gasteiger partial charge is 0.256 e.